The fourth-order valence-corrected chi connectivity index (χ4v) is 1.75. The largest absolute Gasteiger partial charge is 0.342 e. The average Bonchev–Trinajstić information content (AvgIpc) is 2.16. The third kappa shape index (κ3) is 6.08. The summed E-state index contributed by atoms with van der Waals surface area (Å²) in [5, 5.41) is 0.479. The number of carbonyl (C=O) groups is 1. The fraction of sp³-hybridized carbons (Fsp3) is 0.727. The van der Waals surface area contributed by atoms with Crippen LogP contribution in [0.4, 0.5) is 0 Å². The van der Waals surface area contributed by atoms with Crippen LogP contribution in [0.15, 0.2) is 12.7 Å². The molecule has 0 aliphatic rings. The summed E-state index contributed by atoms with van der Waals surface area (Å²) in [5.41, 5.74) is 0. The zero-order chi connectivity index (χ0) is 11.0. The van der Waals surface area contributed by atoms with Gasteiger partial charge in [0.15, 0.2) is 0 Å². The van der Waals surface area contributed by atoms with Crippen LogP contribution in [0.5, 0.6) is 0 Å². The summed E-state index contributed by atoms with van der Waals surface area (Å²) in [5.74, 6) is -0.00351. The summed E-state index contributed by atoms with van der Waals surface area (Å²) in [6, 6.07) is 0. The van der Waals surface area contributed by atoms with Crippen molar-refractivity contribution in [1.29, 1.82) is 0 Å². The van der Waals surface area contributed by atoms with Gasteiger partial charge in [0, 0.05) is 18.8 Å². The second-order valence-electron chi connectivity index (χ2n) is 3.55. The Kier molecular flexibility index (Phi) is 7.67. The van der Waals surface area contributed by atoms with Crippen LogP contribution in [0.3, 0.4) is 0 Å². The zero-order valence-electron chi connectivity index (χ0n) is 9.20. The Morgan fingerprint density at radius 2 is 2.21 bits per heavy atom. The van der Waals surface area contributed by atoms with E-state index in [1.54, 1.807) is 11.9 Å². The molecule has 0 aliphatic carbocycles. The molecule has 0 N–H and O–H groups in total. The maximum atomic E-state index is 11.1. The molecule has 0 fully saturated rings. The van der Waals surface area contributed by atoms with Crippen LogP contribution in [0.1, 0.15) is 32.6 Å². The van der Waals surface area contributed by atoms with Crippen molar-refractivity contribution in [3.63, 3.8) is 0 Å². The molecule has 1 amide bonds. The Labute approximate surface area is 92.8 Å². The average molecular weight is 215 g/mol. The van der Waals surface area contributed by atoms with Crippen molar-refractivity contribution >= 4 is 18.5 Å². The Hall–Kier alpha value is -0.440. The minimum Gasteiger partial charge on any atom is -0.342 e. The molecule has 0 aromatic carbocycles. The highest BCUT2D eigenvalue weighted by molar-refractivity contribution is 7.80. The van der Waals surface area contributed by atoms with Crippen molar-refractivity contribution in [2.45, 2.75) is 37.9 Å². The molecule has 3 heteroatoms. The van der Waals surface area contributed by atoms with Crippen LogP contribution in [0.25, 0.3) is 0 Å². The van der Waals surface area contributed by atoms with E-state index in [4.69, 9.17) is 0 Å². The molecule has 0 rings (SSSR count). The summed E-state index contributed by atoms with van der Waals surface area (Å²) >= 11 is 4.46. The van der Waals surface area contributed by atoms with Gasteiger partial charge < -0.3 is 4.90 Å². The maximum Gasteiger partial charge on any atom is 0.245 e. The number of carbonyl (C=O) groups excluding carboxylic acids is 1. The summed E-state index contributed by atoms with van der Waals surface area (Å²) in [7, 11) is 1.80. The van der Waals surface area contributed by atoms with Gasteiger partial charge in [-0.1, -0.05) is 19.9 Å². The lowest BCUT2D eigenvalue weighted by molar-refractivity contribution is -0.124. The number of rotatable bonds is 7. The van der Waals surface area contributed by atoms with Crippen molar-refractivity contribution in [2.75, 3.05) is 13.6 Å². The van der Waals surface area contributed by atoms with E-state index in [2.05, 4.69) is 26.1 Å². The van der Waals surface area contributed by atoms with Gasteiger partial charge in [-0.25, -0.2) is 0 Å². The van der Waals surface area contributed by atoms with Crippen LogP contribution in [0, 0.1) is 0 Å². The van der Waals surface area contributed by atoms with Crippen molar-refractivity contribution in [1.82, 2.24) is 4.90 Å². The van der Waals surface area contributed by atoms with Gasteiger partial charge in [-0.2, -0.15) is 12.6 Å². The molecule has 0 spiro atoms. The number of thiol groups is 1. The second-order valence-corrected chi connectivity index (χ2v) is 4.28. The third-order valence-corrected chi connectivity index (χ3v) is 2.72. The molecule has 1 atom stereocenters. The molecule has 14 heavy (non-hydrogen) atoms. The van der Waals surface area contributed by atoms with E-state index in [0.717, 1.165) is 25.8 Å². The van der Waals surface area contributed by atoms with E-state index in [-0.39, 0.29) is 5.91 Å². The molecule has 0 heterocycles. The molecule has 1 unspecified atom stereocenters. The van der Waals surface area contributed by atoms with E-state index in [9.17, 15) is 4.79 Å². The lowest BCUT2D eigenvalue weighted by Crippen LogP contribution is -2.26. The first-order chi connectivity index (χ1) is 6.61. The van der Waals surface area contributed by atoms with Gasteiger partial charge in [-0.05, 0) is 25.3 Å². The SMILES string of the molecule is C=CC(=O)N(C)CCCC(S)CCC. The molecule has 0 aromatic heterocycles. The monoisotopic (exact) mass is 215 g/mol. The molecular formula is C11H21NOS. The van der Waals surface area contributed by atoms with Gasteiger partial charge in [0.1, 0.15) is 0 Å². The third-order valence-electron chi connectivity index (χ3n) is 2.20. The van der Waals surface area contributed by atoms with Crippen LogP contribution in [-0.2, 0) is 4.79 Å². The molecule has 0 bridgehead atoms. The van der Waals surface area contributed by atoms with Crippen LogP contribution in [-0.4, -0.2) is 29.6 Å². The van der Waals surface area contributed by atoms with Crippen molar-refractivity contribution in [2.24, 2.45) is 0 Å². The highest BCUT2D eigenvalue weighted by atomic mass is 32.1. The standard InChI is InChI=1S/C11H21NOS/c1-4-7-10(14)8-6-9-12(3)11(13)5-2/h5,10,14H,2,4,6-9H2,1,3H3. The predicted octanol–water partition coefficient (Wildman–Crippen LogP) is 2.51. The Morgan fingerprint density at radius 3 is 2.71 bits per heavy atom. The van der Waals surface area contributed by atoms with Gasteiger partial charge in [0.05, 0.1) is 0 Å². The van der Waals surface area contributed by atoms with E-state index < -0.39 is 0 Å². The predicted molar refractivity (Wildman–Crippen MR) is 64.8 cm³/mol. The molecule has 0 saturated heterocycles. The van der Waals surface area contributed by atoms with Gasteiger partial charge in [0.2, 0.25) is 5.91 Å². The molecule has 0 saturated carbocycles. The Balaban J connectivity index is 3.53. The van der Waals surface area contributed by atoms with Gasteiger partial charge in [-0.3, -0.25) is 4.79 Å². The minimum atomic E-state index is -0.00351. The van der Waals surface area contributed by atoms with E-state index >= 15 is 0 Å². The highest BCUT2D eigenvalue weighted by Crippen LogP contribution is 2.11. The highest BCUT2D eigenvalue weighted by Gasteiger charge is 2.05. The second kappa shape index (κ2) is 7.92. The number of nitrogens with zero attached hydrogens (tertiary/aromatic N) is 1. The summed E-state index contributed by atoms with van der Waals surface area (Å²) < 4.78 is 0. The van der Waals surface area contributed by atoms with Crippen molar-refractivity contribution < 1.29 is 4.79 Å². The fourth-order valence-electron chi connectivity index (χ4n) is 1.31. The normalized spacial score (nSPS) is 12.2. The van der Waals surface area contributed by atoms with Crippen LogP contribution >= 0.6 is 12.6 Å². The lowest BCUT2D eigenvalue weighted by atomic mass is 10.1. The van der Waals surface area contributed by atoms with E-state index in [0.29, 0.717) is 5.25 Å². The topological polar surface area (TPSA) is 20.3 Å². The molecule has 0 radical (unpaired) electrons. The molecule has 0 aromatic rings. The van der Waals surface area contributed by atoms with E-state index in [1.807, 2.05) is 0 Å². The number of likely N-dealkylation sites (N-methyl/N-ethyl adjacent to an activating group) is 1. The first kappa shape index (κ1) is 13.6. The van der Waals surface area contributed by atoms with Gasteiger partial charge >= 0.3 is 0 Å². The first-order valence-electron chi connectivity index (χ1n) is 5.17. The van der Waals surface area contributed by atoms with Crippen LogP contribution < -0.4 is 0 Å². The lowest BCUT2D eigenvalue weighted by Gasteiger charge is -2.16. The summed E-state index contributed by atoms with van der Waals surface area (Å²) in [6.45, 7) is 6.41. The molecular weight excluding hydrogens is 194 g/mol. The maximum absolute atomic E-state index is 11.1. The summed E-state index contributed by atoms with van der Waals surface area (Å²) in [4.78, 5) is 12.8. The first-order valence-corrected chi connectivity index (χ1v) is 5.69. The van der Waals surface area contributed by atoms with Gasteiger partial charge in [0.25, 0.3) is 0 Å². The Bertz CT molecular complexity index is 182. The number of hydrogen-bond acceptors (Lipinski definition) is 2. The minimum absolute atomic E-state index is 0.00351. The zero-order valence-corrected chi connectivity index (χ0v) is 10.1. The quantitative estimate of drug-likeness (QED) is 0.511. The van der Waals surface area contributed by atoms with Crippen LogP contribution in [0.2, 0.25) is 0 Å². The van der Waals surface area contributed by atoms with Gasteiger partial charge in [-0.15, -0.1) is 0 Å². The van der Waals surface area contributed by atoms with Crippen molar-refractivity contribution in [3.8, 4) is 0 Å². The molecule has 0 aliphatic heterocycles. The van der Waals surface area contributed by atoms with E-state index in [1.165, 1.54) is 12.5 Å². The summed E-state index contributed by atoms with van der Waals surface area (Å²) in [6.07, 6.45) is 5.78. The van der Waals surface area contributed by atoms with Crippen molar-refractivity contribution in [3.05, 3.63) is 12.7 Å². The Morgan fingerprint density at radius 1 is 1.57 bits per heavy atom. The smallest absolute Gasteiger partial charge is 0.245 e. The molecule has 2 nitrogen and oxygen atoms in total. The number of amides is 1. The molecule has 82 valence electrons. The number of hydrogen-bond donors (Lipinski definition) is 1.